The molecule has 0 bridgehead atoms. The van der Waals surface area contributed by atoms with Crippen LogP contribution in [0.1, 0.15) is 72.4 Å². The van der Waals surface area contributed by atoms with Crippen LogP contribution >= 0.6 is 0 Å². The predicted molar refractivity (Wildman–Crippen MR) is 141 cm³/mol. The number of hydrogen-bond donors (Lipinski definition) is 2. The molecule has 1 saturated heterocycles. The van der Waals surface area contributed by atoms with Crippen LogP contribution in [-0.2, 0) is 25.2 Å². The van der Waals surface area contributed by atoms with Gasteiger partial charge in [-0.1, -0.05) is 26.0 Å². The lowest BCUT2D eigenvalue weighted by Crippen LogP contribution is -2.42. The number of rotatable bonds is 6. The zero-order valence-electron chi connectivity index (χ0n) is 22.4. The van der Waals surface area contributed by atoms with Crippen LogP contribution in [0.5, 0.6) is 5.75 Å². The van der Waals surface area contributed by atoms with Crippen molar-refractivity contribution in [2.24, 2.45) is 18.9 Å². The molecule has 1 aliphatic carbocycles. The maximum absolute atomic E-state index is 13.8. The van der Waals surface area contributed by atoms with Gasteiger partial charge in [0, 0.05) is 25.7 Å². The summed E-state index contributed by atoms with van der Waals surface area (Å²) in [5.74, 6) is 0.0420. The third-order valence-electron chi connectivity index (χ3n) is 7.97. The lowest BCUT2D eigenvalue weighted by Gasteiger charge is -2.45. The van der Waals surface area contributed by atoms with Crippen molar-refractivity contribution >= 4 is 11.6 Å². The molecule has 39 heavy (non-hydrogen) atoms. The van der Waals surface area contributed by atoms with E-state index >= 15 is 0 Å². The van der Waals surface area contributed by atoms with E-state index in [1.807, 2.05) is 6.07 Å². The van der Waals surface area contributed by atoms with Gasteiger partial charge in [-0.05, 0) is 79.5 Å². The van der Waals surface area contributed by atoms with E-state index < -0.39 is 28.8 Å². The average Bonchev–Trinajstić information content (AvgIpc) is 3.29. The molecule has 2 N–H and O–H groups in total. The van der Waals surface area contributed by atoms with E-state index in [9.17, 15) is 23.1 Å². The van der Waals surface area contributed by atoms with Crippen LogP contribution in [0.15, 0.2) is 42.7 Å². The highest BCUT2D eigenvalue weighted by molar-refractivity contribution is 6.05. The second-order valence-electron chi connectivity index (χ2n) is 11.4. The zero-order valence-corrected chi connectivity index (χ0v) is 22.4. The summed E-state index contributed by atoms with van der Waals surface area (Å²) in [5, 5.41) is 17.6. The first-order valence-corrected chi connectivity index (χ1v) is 13.4. The predicted octanol–water partition coefficient (Wildman–Crippen LogP) is 5.74. The Bertz CT molecular complexity index is 1360. The molecule has 1 saturated carbocycles. The van der Waals surface area contributed by atoms with Gasteiger partial charge in [0.05, 0.1) is 16.7 Å². The van der Waals surface area contributed by atoms with Crippen molar-refractivity contribution in [1.29, 1.82) is 0 Å². The topological polar surface area (TPSA) is 83.3 Å². The Labute approximate surface area is 226 Å². The van der Waals surface area contributed by atoms with Crippen molar-refractivity contribution in [3.05, 3.63) is 70.8 Å². The van der Waals surface area contributed by atoms with Crippen LogP contribution < -0.4 is 5.32 Å². The number of piperidine rings is 1. The van der Waals surface area contributed by atoms with Gasteiger partial charge in [0.15, 0.2) is 11.6 Å². The second-order valence-corrected chi connectivity index (χ2v) is 11.4. The van der Waals surface area contributed by atoms with Gasteiger partial charge in [0.1, 0.15) is 6.33 Å². The van der Waals surface area contributed by atoms with Gasteiger partial charge in [0.25, 0.3) is 5.91 Å². The van der Waals surface area contributed by atoms with Crippen molar-refractivity contribution in [2.75, 3.05) is 18.4 Å². The fourth-order valence-corrected chi connectivity index (χ4v) is 6.17. The van der Waals surface area contributed by atoms with Gasteiger partial charge in [0.2, 0.25) is 0 Å². The summed E-state index contributed by atoms with van der Waals surface area (Å²) < 4.78 is 43.1. The largest absolute Gasteiger partial charge is 0.505 e. The Kier molecular flexibility index (Phi) is 7.17. The molecule has 1 aromatic heterocycles. The molecule has 2 aromatic carbocycles. The number of carbonyl (C=O) groups excluding carboxylic acids is 1. The van der Waals surface area contributed by atoms with Gasteiger partial charge in [-0.15, -0.1) is 0 Å². The molecule has 2 aliphatic rings. The monoisotopic (exact) mass is 541 g/mol. The van der Waals surface area contributed by atoms with Gasteiger partial charge >= 0.3 is 6.18 Å². The van der Waals surface area contributed by atoms with E-state index in [1.165, 1.54) is 6.07 Å². The van der Waals surface area contributed by atoms with E-state index in [1.54, 1.807) is 36.3 Å². The summed E-state index contributed by atoms with van der Waals surface area (Å²) in [6.45, 7) is 6.18. The van der Waals surface area contributed by atoms with Crippen molar-refractivity contribution in [3.63, 3.8) is 0 Å². The Hall–Kier alpha value is -3.40. The van der Waals surface area contributed by atoms with E-state index in [-0.39, 0.29) is 11.3 Å². The van der Waals surface area contributed by atoms with Crippen LogP contribution in [0.2, 0.25) is 0 Å². The Morgan fingerprint density at radius 3 is 2.59 bits per heavy atom. The SMILES string of the molecule is CC1CC(c2cccc(C(=O)Nc3cc(CN4CCC[C@H](C)C4)cc(C(F)(F)F)c3O)c2)(c2ncn(C)n2)C1. The minimum Gasteiger partial charge on any atom is -0.505 e. The van der Waals surface area contributed by atoms with Crippen molar-refractivity contribution in [2.45, 2.75) is 57.7 Å². The number of halogens is 3. The number of hydrogen-bond acceptors (Lipinski definition) is 5. The number of nitrogens with one attached hydrogen (secondary N) is 1. The molecule has 0 spiro atoms. The summed E-state index contributed by atoms with van der Waals surface area (Å²) >= 11 is 0. The van der Waals surface area contributed by atoms with Crippen LogP contribution in [-0.4, -0.2) is 43.8 Å². The maximum Gasteiger partial charge on any atom is 0.420 e. The van der Waals surface area contributed by atoms with Crippen molar-refractivity contribution in [1.82, 2.24) is 19.7 Å². The molecule has 7 nitrogen and oxygen atoms in total. The number of aryl methyl sites for hydroxylation is 1. The third kappa shape index (κ3) is 5.52. The van der Waals surface area contributed by atoms with Crippen molar-refractivity contribution in [3.8, 4) is 5.75 Å². The second kappa shape index (κ2) is 10.3. The summed E-state index contributed by atoms with van der Waals surface area (Å²) in [5.41, 5.74) is -0.273. The molecule has 0 unspecified atom stereocenters. The van der Waals surface area contributed by atoms with Crippen LogP contribution in [0, 0.1) is 11.8 Å². The minimum absolute atomic E-state index is 0.251. The molecule has 2 heterocycles. The highest BCUT2D eigenvalue weighted by Crippen LogP contribution is 2.51. The van der Waals surface area contributed by atoms with E-state index in [0.29, 0.717) is 29.8 Å². The molecule has 2 fully saturated rings. The number of nitrogens with zero attached hydrogens (tertiary/aromatic N) is 4. The molecular weight excluding hydrogens is 507 g/mol. The molecule has 1 amide bonds. The number of aromatic nitrogens is 3. The number of aromatic hydroxyl groups is 1. The van der Waals surface area contributed by atoms with Crippen LogP contribution in [0.4, 0.5) is 18.9 Å². The average molecular weight is 542 g/mol. The first-order chi connectivity index (χ1) is 18.4. The Balaban J connectivity index is 1.43. The normalized spacial score (nSPS) is 23.8. The quantitative estimate of drug-likeness (QED) is 0.389. The standard InChI is InChI=1S/C29H34F3N5O2/c1-18-6-5-9-37(15-18)16-20-10-23(29(30,31)32)25(38)24(11-20)34-26(39)21-7-4-8-22(12-21)28(13-19(2)14-28)27-33-17-36(3)35-27/h4,7-8,10-12,17-19,38H,5-6,9,13-16H2,1-3H3,(H,34,39)/t18-,19?,28?/m0/s1. The Morgan fingerprint density at radius 1 is 1.18 bits per heavy atom. The van der Waals surface area contributed by atoms with Gasteiger partial charge < -0.3 is 10.4 Å². The molecule has 1 atom stereocenters. The summed E-state index contributed by atoms with van der Waals surface area (Å²) in [7, 11) is 1.80. The zero-order chi connectivity index (χ0) is 27.9. The van der Waals surface area contributed by atoms with E-state index in [2.05, 4.69) is 34.1 Å². The van der Waals surface area contributed by atoms with Gasteiger partial charge in [-0.3, -0.25) is 14.4 Å². The summed E-state index contributed by atoms with van der Waals surface area (Å²) in [6, 6.07) is 9.47. The first kappa shape index (κ1) is 27.2. The summed E-state index contributed by atoms with van der Waals surface area (Å²) in [4.78, 5) is 19.9. The maximum atomic E-state index is 13.8. The minimum atomic E-state index is -4.77. The molecular formula is C29H34F3N5O2. The van der Waals surface area contributed by atoms with E-state index in [0.717, 1.165) is 50.4 Å². The van der Waals surface area contributed by atoms with Crippen LogP contribution in [0.3, 0.4) is 0 Å². The fourth-order valence-electron chi connectivity index (χ4n) is 6.17. The number of carbonyl (C=O) groups is 1. The molecule has 208 valence electrons. The number of alkyl halides is 3. The van der Waals surface area contributed by atoms with E-state index in [4.69, 9.17) is 0 Å². The molecule has 3 aromatic rings. The molecule has 1 aliphatic heterocycles. The molecule has 0 radical (unpaired) electrons. The lowest BCUT2D eigenvalue weighted by molar-refractivity contribution is -0.138. The number of anilines is 1. The number of phenols is 1. The lowest BCUT2D eigenvalue weighted by atomic mass is 9.58. The smallest absolute Gasteiger partial charge is 0.420 e. The molecule has 10 heteroatoms. The highest BCUT2D eigenvalue weighted by Gasteiger charge is 2.48. The summed E-state index contributed by atoms with van der Waals surface area (Å²) in [6.07, 6.45) is 0.618. The molecule has 5 rings (SSSR count). The van der Waals surface area contributed by atoms with Gasteiger partial charge in [-0.25, -0.2) is 4.98 Å². The fraction of sp³-hybridized carbons (Fsp3) is 0.483. The number of benzene rings is 2. The number of likely N-dealkylation sites (tertiary alicyclic amines) is 1. The van der Waals surface area contributed by atoms with Crippen molar-refractivity contribution < 1.29 is 23.1 Å². The Morgan fingerprint density at radius 2 is 1.95 bits per heavy atom. The highest BCUT2D eigenvalue weighted by atomic mass is 19.4. The first-order valence-electron chi connectivity index (χ1n) is 13.4. The van der Waals surface area contributed by atoms with Gasteiger partial charge in [-0.2, -0.15) is 18.3 Å². The number of phenolic OH excluding ortho intramolecular Hbond substituents is 1. The van der Waals surface area contributed by atoms with Crippen LogP contribution in [0.25, 0.3) is 0 Å². The third-order valence-corrected chi connectivity index (χ3v) is 7.97. The number of amides is 1.